The summed E-state index contributed by atoms with van der Waals surface area (Å²) in [5.41, 5.74) is 3.49. The number of amides is 2. The van der Waals surface area contributed by atoms with Gasteiger partial charge >= 0.3 is 6.09 Å². The molecule has 5 heteroatoms. The maximum atomic E-state index is 12.9. The molecule has 5 nitrogen and oxygen atoms in total. The SMILES string of the molecule is Cc1ccc(CNC(=O)O[C@H]2CC[C@@]34CCCN3C(=O)CCC[C@H]4[C@H]2Cc2ccccc2)cc1. The number of carbonyl (C=O) groups is 2. The van der Waals surface area contributed by atoms with E-state index >= 15 is 0 Å². The van der Waals surface area contributed by atoms with Crippen molar-refractivity contribution < 1.29 is 14.3 Å². The highest BCUT2D eigenvalue weighted by molar-refractivity contribution is 5.78. The van der Waals surface area contributed by atoms with Crippen LogP contribution in [0.1, 0.15) is 61.6 Å². The lowest BCUT2D eigenvalue weighted by molar-refractivity contribution is -0.141. The minimum absolute atomic E-state index is 0.0503. The van der Waals surface area contributed by atoms with Crippen molar-refractivity contribution in [2.45, 2.75) is 76.5 Å². The van der Waals surface area contributed by atoms with Gasteiger partial charge in [0.1, 0.15) is 6.10 Å². The van der Waals surface area contributed by atoms with Crippen LogP contribution in [0.3, 0.4) is 0 Å². The Hall–Kier alpha value is -2.82. The first kappa shape index (κ1) is 22.9. The van der Waals surface area contributed by atoms with E-state index in [9.17, 15) is 9.59 Å². The van der Waals surface area contributed by atoms with Gasteiger partial charge in [-0.2, -0.15) is 0 Å². The average Bonchev–Trinajstić information content (AvgIpc) is 3.21. The van der Waals surface area contributed by atoms with Crippen LogP contribution in [0.2, 0.25) is 0 Å². The summed E-state index contributed by atoms with van der Waals surface area (Å²) < 4.78 is 6.13. The zero-order valence-electron chi connectivity index (χ0n) is 20.2. The molecule has 3 fully saturated rings. The van der Waals surface area contributed by atoms with Gasteiger partial charge in [0.05, 0.1) is 0 Å². The summed E-state index contributed by atoms with van der Waals surface area (Å²) in [6, 6.07) is 18.7. The summed E-state index contributed by atoms with van der Waals surface area (Å²) in [4.78, 5) is 28.0. The third kappa shape index (κ3) is 4.57. The summed E-state index contributed by atoms with van der Waals surface area (Å²) in [6.45, 7) is 3.40. The lowest BCUT2D eigenvalue weighted by Gasteiger charge is -2.52. The van der Waals surface area contributed by atoms with E-state index in [1.807, 2.05) is 18.2 Å². The molecule has 0 aromatic heterocycles. The number of hydrogen-bond donors (Lipinski definition) is 1. The van der Waals surface area contributed by atoms with Gasteiger partial charge in [-0.05, 0) is 68.9 Å². The molecule has 2 aromatic rings. The van der Waals surface area contributed by atoms with Gasteiger partial charge in [0, 0.05) is 31.0 Å². The smallest absolute Gasteiger partial charge is 0.407 e. The molecule has 0 unspecified atom stereocenters. The molecule has 2 amide bonds. The van der Waals surface area contributed by atoms with Crippen molar-refractivity contribution in [1.82, 2.24) is 10.2 Å². The summed E-state index contributed by atoms with van der Waals surface area (Å²) in [5, 5.41) is 2.96. The molecule has 1 N–H and O–H groups in total. The molecular formula is C29H36N2O3. The highest BCUT2D eigenvalue weighted by atomic mass is 16.6. The van der Waals surface area contributed by atoms with E-state index in [4.69, 9.17) is 4.74 Å². The Kier molecular flexibility index (Phi) is 6.62. The molecule has 1 saturated carbocycles. The second kappa shape index (κ2) is 9.81. The molecule has 180 valence electrons. The number of benzene rings is 2. The van der Waals surface area contributed by atoms with Crippen molar-refractivity contribution >= 4 is 12.0 Å². The Morgan fingerprint density at radius 3 is 2.62 bits per heavy atom. The van der Waals surface area contributed by atoms with E-state index in [0.717, 1.165) is 57.1 Å². The van der Waals surface area contributed by atoms with Gasteiger partial charge in [-0.1, -0.05) is 60.2 Å². The Morgan fingerprint density at radius 1 is 1.03 bits per heavy atom. The molecule has 2 saturated heterocycles. The predicted octanol–water partition coefficient (Wildman–Crippen LogP) is 5.40. The van der Waals surface area contributed by atoms with Gasteiger partial charge in [-0.3, -0.25) is 4.79 Å². The normalized spacial score (nSPS) is 28.6. The third-order valence-electron chi connectivity index (χ3n) is 8.41. The van der Waals surface area contributed by atoms with E-state index in [1.165, 1.54) is 11.1 Å². The van der Waals surface area contributed by atoms with Crippen molar-refractivity contribution in [3.05, 3.63) is 71.3 Å². The van der Waals surface area contributed by atoms with E-state index in [0.29, 0.717) is 24.8 Å². The number of nitrogens with one attached hydrogen (secondary N) is 1. The molecule has 4 atom stereocenters. The maximum Gasteiger partial charge on any atom is 0.407 e. The Labute approximate surface area is 202 Å². The number of aryl methyl sites for hydroxylation is 1. The fourth-order valence-corrected chi connectivity index (χ4v) is 6.83. The number of ether oxygens (including phenoxy) is 1. The third-order valence-corrected chi connectivity index (χ3v) is 8.41. The first-order valence-corrected chi connectivity index (χ1v) is 12.9. The van der Waals surface area contributed by atoms with Crippen molar-refractivity contribution in [3.63, 3.8) is 0 Å². The van der Waals surface area contributed by atoms with Crippen molar-refractivity contribution in [2.75, 3.05) is 6.54 Å². The Morgan fingerprint density at radius 2 is 1.82 bits per heavy atom. The molecule has 1 aliphatic carbocycles. The molecule has 0 radical (unpaired) electrons. The second-order valence-corrected chi connectivity index (χ2v) is 10.4. The Bertz CT molecular complexity index is 1010. The van der Waals surface area contributed by atoms with Crippen LogP contribution in [0.5, 0.6) is 0 Å². The predicted molar refractivity (Wildman–Crippen MR) is 132 cm³/mol. The second-order valence-electron chi connectivity index (χ2n) is 10.4. The van der Waals surface area contributed by atoms with Crippen LogP contribution in [-0.4, -0.2) is 35.1 Å². The van der Waals surface area contributed by atoms with E-state index < -0.39 is 0 Å². The fraction of sp³-hybridized carbons (Fsp3) is 0.517. The molecule has 2 aliphatic heterocycles. The number of nitrogens with zero attached hydrogens (tertiary/aromatic N) is 1. The number of rotatable bonds is 5. The summed E-state index contributed by atoms with van der Waals surface area (Å²) >= 11 is 0. The van der Waals surface area contributed by atoms with E-state index in [-0.39, 0.29) is 23.7 Å². The largest absolute Gasteiger partial charge is 0.446 e. The lowest BCUT2D eigenvalue weighted by atomic mass is 9.62. The molecule has 34 heavy (non-hydrogen) atoms. The molecule has 1 spiro atoms. The van der Waals surface area contributed by atoms with Crippen LogP contribution in [0, 0.1) is 18.8 Å². The van der Waals surface area contributed by atoms with Crippen molar-refractivity contribution in [3.8, 4) is 0 Å². The molecule has 5 rings (SSSR count). The van der Waals surface area contributed by atoms with E-state index in [2.05, 4.69) is 53.5 Å². The summed E-state index contributed by atoms with van der Waals surface area (Å²) in [6.07, 6.45) is 6.94. The van der Waals surface area contributed by atoms with Crippen LogP contribution in [0.4, 0.5) is 4.79 Å². The van der Waals surface area contributed by atoms with Crippen LogP contribution in [0.25, 0.3) is 0 Å². The van der Waals surface area contributed by atoms with E-state index in [1.54, 1.807) is 0 Å². The van der Waals surface area contributed by atoms with Gasteiger partial charge < -0.3 is 15.0 Å². The van der Waals surface area contributed by atoms with Gasteiger partial charge in [-0.15, -0.1) is 0 Å². The van der Waals surface area contributed by atoms with Gasteiger partial charge in [0.2, 0.25) is 5.91 Å². The summed E-state index contributed by atoms with van der Waals surface area (Å²) in [5.74, 6) is 0.909. The topological polar surface area (TPSA) is 58.6 Å². The average molecular weight is 461 g/mol. The first-order chi connectivity index (χ1) is 16.5. The van der Waals surface area contributed by atoms with Crippen LogP contribution >= 0.6 is 0 Å². The van der Waals surface area contributed by atoms with Crippen LogP contribution in [0.15, 0.2) is 54.6 Å². The van der Waals surface area contributed by atoms with Crippen LogP contribution in [-0.2, 0) is 22.5 Å². The number of hydrogen-bond acceptors (Lipinski definition) is 3. The number of alkyl carbamates (subject to hydrolysis) is 1. The van der Waals surface area contributed by atoms with Crippen molar-refractivity contribution in [1.29, 1.82) is 0 Å². The number of carbonyl (C=O) groups excluding carboxylic acids is 2. The van der Waals surface area contributed by atoms with Gasteiger partial charge in [0.25, 0.3) is 0 Å². The lowest BCUT2D eigenvalue weighted by Crippen LogP contribution is -2.58. The summed E-state index contributed by atoms with van der Waals surface area (Å²) in [7, 11) is 0. The minimum atomic E-state index is -0.340. The fourth-order valence-electron chi connectivity index (χ4n) is 6.83. The zero-order valence-corrected chi connectivity index (χ0v) is 20.2. The highest BCUT2D eigenvalue weighted by Crippen LogP contribution is 2.53. The van der Waals surface area contributed by atoms with Gasteiger partial charge in [0.15, 0.2) is 0 Å². The van der Waals surface area contributed by atoms with Crippen LogP contribution < -0.4 is 5.32 Å². The Balaban J connectivity index is 1.35. The standard InChI is InChI=1S/C29H36N2O3/c1-21-11-13-23(14-12-21)20-30-28(33)34-26-15-17-29-16-6-18-31(29)27(32)10-5-9-25(29)24(26)19-22-7-3-2-4-8-22/h2-4,7-8,11-14,24-26H,5-6,9-10,15-20H2,1H3,(H,30,33)/t24-,25+,26+,29-/m1/s1. The molecule has 0 bridgehead atoms. The first-order valence-electron chi connectivity index (χ1n) is 12.9. The zero-order chi connectivity index (χ0) is 23.5. The monoisotopic (exact) mass is 460 g/mol. The quantitative estimate of drug-likeness (QED) is 0.650. The highest BCUT2D eigenvalue weighted by Gasteiger charge is 2.56. The minimum Gasteiger partial charge on any atom is -0.446 e. The van der Waals surface area contributed by atoms with Gasteiger partial charge in [-0.25, -0.2) is 4.79 Å². The molecular weight excluding hydrogens is 424 g/mol. The van der Waals surface area contributed by atoms with Crippen molar-refractivity contribution in [2.24, 2.45) is 11.8 Å². The molecule has 2 aromatic carbocycles. The molecule has 2 heterocycles. The molecule has 3 aliphatic rings. The maximum absolute atomic E-state index is 12.9.